The molecule has 1 amide bonds. The molecule has 180 valence electrons. The first-order valence-electron chi connectivity index (χ1n) is 12.1. The van der Waals surface area contributed by atoms with Crippen molar-refractivity contribution >= 4 is 35.8 Å². The third-order valence-corrected chi connectivity index (χ3v) is 6.52. The van der Waals surface area contributed by atoms with E-state index in [-0.39, 0.29) is 35.8 Å². The van der Waals surface area contributed by atoms with Gasteiger partial charge in [0.05, 0.1) is 0 Å². The average Bonchev–Trinajstić information content (AvgIpc) is 3.06. The molecule has 32 heavy (non-hydrogen) atoms. The molecule has 1 aromatic rings. The number of rotatable bonds is 6. The van der Waals surface area contributed by atoms with Gasteiger partial charge >= 0.3 is 0 Å². The molecule has 0 saturated carbocycles. The number of carbonyl (C=O) groups is 1. The summed E-state index contributed by atoms with van der Waals surface area (Å²) < 4.78 is 0. The lowest BCUT2D eigenvalue weighted by Gasteiger charge is -2.34. The number of halogens is 1. The lowest BCUT2D eigenvalue weighted by Crippen LogP contribution is -2.50. The molecule has 0 spiro atoms. The van der Waals surface area contributed by atoms with E-state index in [1.54, 1.807) is 0 Å². The number of carbonyl (C=O) groups excluding carboxylic acids is 1. The molecule has 2 fully saturated rings. The molecular formula is C25H42IN5O. The van der Waals surface area contributed by atoms with Gasteiger partial charge in [-0.1, -0.05) is 51.0 Å². The second-order valence-corrected chi connectivity index (χ2v) is 9.28. The van der Waals surface area contributed by atoms with E-state index in [4.69, 9.17) is 0 Å². The summed E-state index contributed by atoms with van der Waals surface area (Å²) in [6, 6.07) is 9.12. The molecule has 6 nitrogen and oxygen atoms in total. The van der Waals surface area contributed by atoms with Gasteiger partial charge in [0.25, 0.3) is 0 Å². The highest BCUT2D eigenvalue weighted by Crippen LogP contribution is 2.17. The van der Waals surface area contributed by atoms with E-state index < -0.39 is 0 Å². The van der Waals surface area contributed by atoms with Crippen molar-refractivity contribution in [2.24, 2.45) is 10.9 Å². The van der Waals surface area contributed by atoms with Crippen molar-refractivity contribution in [3.05, 3.63) is 35.4 Å². The fourth-order valence-corrected chi connectivity index (χ4v) is 4.60. The summed E-state index contributed by atoms with van der Waals surface area (Å²) >= 11 is 0. The molecule has 0 bridgehead atoms. The third-order valence-electron chi connectivity index (χ3n) is 6.52. The van der Waals surface area contributed by atoms with Gasteiger partial charge in [-0.25, -0.2) is 0 Å². The fourth-order valence-electron chi connectivity index (χ4n) is 4.60. The van der Waals surface area contributed by atoms with Crippen LogP contribution in [0, 0.1) is 5.92 Å². The maximum Gasteiger partial charge on any atom is 0.225 e. The van der Waals surface area contributed by atoms with E-state index in [9.17, 15) is 4.79 Å². The van der Waals surface area contributed by atoms with Crippen LogP contribution in [-0.2, 0) is 17.9 Å². The normalized spacial score (nSPS) is 18.8. The highest BCUT2D eigenvalue weighted by molar-refractivity contribution is 14.0. The largest absolute Gasteiger partial charge is 0.354 e. The Labute approximate surface area is 211 Å². The van der Waals surface area contributed by atoms with Crippen molar-refractivity contribution in [3.8, 4) is 0 Å². The van der Waals surface area contributed by atoms with Crippen molar-refractivity contribution in [1.82, 2.24) is 20.4 Å². The molecule has 0 atom stereocenters. The minimum Gasteiger partial charge on any atom is -0.354 e. The van der Waals surface area contributed by atoms with E-state index in [0.29, 0.717) is 6.04 Å². The summed E-state index contributed by atoms with van der Waals surface area (Å²) in [6.07, 6.45) is 7.30. The molecule has 0 unspecified atom stereocenters. The maximum absolute atomic E-state index is 12.2. The molecule has 2 aliphatic rings. The Morgan fingerprint density at radius 1 is 1.03 bits per heavy atom. The first-order valence-corrected chi connectivity index (χ1v) is 12.1. The van der Waals surface area contributed by atoms with E-state index in [2.05, 4.69) is 44.8 Å². The number of amides is 1. The van der Waals surface area contributed by atoms with Crippen LogP contribution >= 0.6 is 24.0 Å². The van der Waals surface area contributed by atoms with Crippen LogP contribution in [0.25, 0.3) is 0 Å². The van der Waals surface area contributed by atoms with Gasteiger partial charge in [0.15, 0.2) is 5.96 Å². The monoisotopic (exact) mass is 555 g/mol. The zero-order valence-electron chi connectivity index (χ0n) is 20.1. The number of nitrogens with one attached hydrogen (secondary N) is 2. The SMILES string of the molecule is CN=C(NCc1ccccc1CN1CCCCCC1)NC1CCN(C(=O)C(C)C)CC1.I. The zero-order chi connectivity index (χ0) is 22.1. The number of nitrogens with zero attached hydrogens (tertiary/aromatic N) is 3. The predicted octanol–water partition coefficient (Wildman–Crippen LogP) is 3.99. The van der Waals surface area contributed by atoms with Crippen LogP contribution in [0.3, 0.4) is 0 Å². The van der Waals surface area contributed by atoms with Crippen LogP contribution in [0.1, 0.15) is 63.5 Å². The van der Waals surface area contributed by atoms with Gasteiger partial charge < -0.3 is 15.5 Å². The Bertz CT molecular complexity index is 723. The first kappa shape index (κ1) is 26.9. The molecule has 2 aliphatic heterocycles. The van der Waals surface area contributed by atoms with E-state index in [1.165, 1.54) is 49.9 Å². The van der Waals surface area contributed by atoms with Gasteiger partial charge in [0.1, 0.15) is 0 Å². The van der Waals surface area contributed by atoms with Gasteiger partial charge in [0.2, 0.25) is 5.91 Å². The fraction of sp³-hybridized carbons (Fsp3) is 0.680. The summed E-state index contributed by atoms with van der Waals surface area (Å²) in [5.74, 6) is 1.19. The molecule has 1 aromatic carbocycles. The summed E-state index contributed by atoms with van der Waals surface area (Å²) in [7, 11) is 1.83. The highest BCUT2D eigenvalue weighted by Gasteiger charge is 2.24. The van der Waals surface area contributed by atoms with Crippen molar-refractivity contribution in [2.75, 3.05) is 33.2 Å². The Morgan fingerprint density at radius 2 is 1.66 bits per heavy atom. The van der Waals surface area contributed by atoms with E-state index in [0.717, 1.165) is 45.0 Å². The summed E-state index contributed by atoms with van der Waals surface area (Å²) in [6.45, 7) is 9.83. The lowest BCUT2D eigenvalue weighted by molar-refractivity contribution is -0.135. The van der Waals surface area contributed by atoms with Crippen molar-refractivity contribution in [1.29, 1.82) is 0 Å². The second kappa shape index (κ2) is 14.0. The summed E-state index contributed by atoms with van der Waals surface area (Å²) in [4.78, 5) is 21.2. The molecule has 3 rings (SSSR count). The van der Waals surface area contributed by atoms with Gasteiger partial charge in [-0.2, -0.15) is 0 Å². The number of hydrogen-bond donors (Lipinski definition) is 2. The Kier molecular flexibility index (Phi) is 11.8. The van der Waals surface area contributed by atoms with E-state index in [1.807, 2.05) is 25.8 Å². The van der Waals surface area contributed by atoms with Gasteiger partial charge in [-0.3, -0.25) is 14.7 Å². The summed E-state index contributed by atoms with van der Waals surface area (Å²) in [5.41, 5.74) is 2.75. The Balaban J connectivity index is 0.00000363. The molecule has 2 N–H and O–H groups in total. The van der Waals surface area contributed by atoms with Crippen LogP contribution < -0.4 is 10.6 Å². The van der Waals surface area contributed by atoms with Crippen molar-refractivity contribution in [3.63, 3.8) is 0 Å². The lowest BCUT2D eigenvalue weighted by atomic mass is 10.0. The topological polar surface area (TPSA) is 60.0 Å². The van der Waals surface area contributed by atoms with Crippen LogP contribution in [0.4, 0.5) is 0 Å². The molecule has 0 radical (unpaired) electrons. The summed E-state index contributed by atoms with van der Waals surface area (Å²) in [5, 5.41) is 7.08. The number of aliphatic imine (C=N–C) groups is 1. The molecule has 2 heterocycles. The maximum atomic E-state index is 12.2. The molecule has 0 aliphatic carbocycles. The van der Waals surface area contributed by atoms with Gasteiger partial charge in [0, 0.05) is 45.2 Å². The highest BCUT2D eigenvalue weighted by atomic mass is 127. The first-order chi connectivity index (χ1) is 15.1. The van der Waals surface area contributed by atoms with E-state index >= 15 is 0 Å². The number of likely N-dealkylation sites (tertiary alicyclic amines) is 2. The third kappa shape index (κ3) is 8.21. The van der Waals surface area contributed by atoms with Crippen LogP contribution in [0.5, 0.6) is 0 Å². The van der Waals surface area contributed by atoms with Gasteiger partial charge in [-0.05, 0) is 49.9 Å². The molecule has 2 saturated heterocycles. The Hall–Kier alpha value is -1.35. The van der Waals surface area contributed by atoms with Crippen molar-refractivity contribution < 1.29 is 4.79 Å². The standard InChI is InChI=1S/C25H41N5O.HI/c1-20(2)24(31)30-16-12-23(13-17-30)28-25(26-3)27-18-21-10-6-7-11-22(21)19-29-14-8-4-5-9-15-29;/h6-7,10-11,20,23H,4-5,8-9,12-19H2,1-3H3,(H2,26,27,28);1H. The predicted molar refractivity (Wildman–Crippen MR) is 143 cm³/mol. The van der Waals surface area contributed by atoms with Crippen LogP contribution in [0.15, 0.2) is 29.3 Å². The van der Waals surface area contributed by atoms with Crippen molar-refractivity contribution in [2.45, 2.75) is 71.5 Å². The zero-order valence-corrected chi connectivity index (χ0v) is 22.4. The number of hydrogen-bond acceptors (Lipinski definition) is 3. The quantitative estimate of drug-likeness (QED) is 0.317. The van der Waals surface area contributed by atoms with Crippen LogP contribution in [0.2, 0.25) is 0 Å². The minimum atomic E-state index is 0. The number of guanidine groups is 1. The Morgan fingerprint density at radius 3 is 2.25 bits per heavy atom. The molecule has 7 heteroatoms. The molecule has 0 aromatic heterocycles. The van der Waals surface area contributed by atoms with Gasteiger partial charge in [-0.15, -0.1) is 24.0 Å². The van der Waals surface area contributed by atoms with Crippen LogP contribution in [-0.4, -0.2) is 60.9 Å². The average molecular weight is 556 g/mol. The minimum absolute atomic E-state index is 0. The smallest absolute Gasteiger partial charge is 0.225 e. The second-order valence-electron chi connectivity index (χ2n) is 9.28. The molecular weight excluding hydrogens is 513 g/mol. The number of benzene rings is 1. The number of piperidine rings is 1.